The minimum Gasteiger partial charge on any atom is -0.398 e. The van der Waals surface area contributed by atoms with Crippen molar-refractivity contribution >= 4 is 39.4 Å². The largest absolute Gasteiger partial charge is 0.398 e. The topological polar surface area (TPSA) is 92.5 Å². The van der Waals surface area contributed by atoms with Crippen LogP contribution in [0.4, 0.5) is 15.8 Å². The number of benzene rings is 1. The highest BCUT2D eigenvalue weighted by Gasteiger charge is 2.21. The molecule has 0 radical (unpaired) electrons. The molecule has 0 atom stereocenters. The first kappa shape index (κ1) is 25.0. The van der Waals surface area contributed by atoms with Gasteiger partial charge in [-0.15, -0.1) is 11.3 Å². The van der Waals surface area contributed by atoms with Gasteiger partial charge >= 0.3 is 0 Å². The number of allylic oxidation sites excluding steroid dienone is 2. The van der Waals surface area contributed by atoms with E-state index < -0.39 is 0 Å². The molecule has 0 bridgehead atoms. The van der Waals surface area contributed by atoms with Gasteiger partial charge in [-0.05, 0) is 67.7 Å². The van der Waals surface area contributed by atoms with Crippen molar-refractivity contribution < 1.29 is 4.39 Å². The Labute approximate surface area is 230 Å². The Bertz CT molecular complexity index is 1730. The first-order chi connectivity index (χ1) is 18.9. The minimum absolute atomic E-state index is 0.201. The summed E-state index contributed by atoms with van der Waals surface area (Å²) in [5, 5.41) is 3.35. The van der Waals surface area contributed by atoms with Gasteiger partial charge in [0.25, 0.3) is 0 Å². The van der Waals surface area contributed by atoms with E-state index in [1.54, 1.807) is 42.1 Å². The van der Waals surface area contributed by atoms with E-state index in [-0.39, 0.29) is 12.2 Å². The van der Waals surface area contributed by atoms with Crippen molar-refractivity contribution in [2.45, 2.75) is 32.6 Å². The number of H-pyrrole nitrogens is 1. The van der Waals surface area contributed by atoms with Gasteiger partial charge < -0.3 is 16.0 Å². The summed E-state index contributed by atoms with van der Waals surface area (Å²) >= 11 is 1.67. The number of nitrogens with one attached hydrogen (secondary N) is 2. The maximum Gasteiger partial charge on any atom is 0.178 e. The van der Waals surface area contributed by atoms with E-state index in [2.05, 4.69) is 50.5 Å². The van der Waals surface area contributed by atoms with Gasteiger partial charge in [0, 0.05) is 62.2 Å². The summed E-state index contributed by atoms with van der Waals surface area (Å²) < 4.78 is 16.0. The number of halogens is 1. The van der Waals surface area contributed by atoms with Gasteiger partial charge in [0.05, 0.1) is 17.4 Å². The summed E-state index contributed by atoms with van der Waals surface area (Å²) in [5.74, 6) is 0.694. The first-order valence-electron chi connectivity index (χ1n) is 12.9. The zero-order chi connectivity index (χ0) is 27.1. The second kappa shape index (κ2) is 10.1. The zero-order valence-electron chi connectivity index (χ0n) is 21.7. The Kier molecular flexibility index (Phi) is 6.48. The molecule has 4 aromatic heterocycles. The molecule has 4 N–H and O–H groups in total. The molecule has 4 heterocycles. The molecule has 1 aliphatic carbocycles. The predicted octanol–water partition coefficient (Wildman–Crippen LogP) is 7.82. The van der Waals surface area contributed by atoms with Crippen LogP contribution >= 0.6 is 11.3 Å². The van der Waals surface area contributed by atoms with Gasteiger partial charge in [0.2, 0.25) is 0 Å². The number of rotatable bonds is 8. The van der Waals surface area contributed by atoms with Gasteiger partial charge in [-0.1, -0.05) is 19.6 Å². The number of hydrogen-bond donors (Lipinski definition) is 3. The van der Waals surface area contributed by atoms with Crippen molar-refractivity contribution in [3.8, 4) is 21.6 Å². The monoisotopic (exact) mass is 536 g/mol. The fraction of sp³-hybridized carbons (Fsp3) is 0.194. The molecule has 1 aromatic carbocycles. The number of anilines is 2. The number of thiophene rings is 1. The number of imidazole rings is 1. The van der Waals surface area contributed by atoms with Crippen LogP contribution in [0.5, 0.6) is 0 Å². The van der Waals surface area contributed by atoms with E-state index in [0.717, 1.165) is 50.6 Å². The summed E-state index contributed by atoms with van der Waals surface area (Å²) in [7, 11) is 0. The van der Waals surface area contributed by atoms with Crippen molar-refractivity contribution in [2.24, 2.45) is 5.92 Å². The van der Waals surface area contributed by atoms with Gasteiger partial charge in [-0.25, -0.2) is 14.4 Å². The van der Waals surface area contributed by atoms with Crippen LogP contribution < -0.4 is 11.1 Å². The fourth-order valence-electron chi connectivity index (χ4n) is 4.87. The molecule has 0 spiro atoms. The van der Waals surface area contributed by atoms with Crippen LogP contribution in [0.25, 0.3) is 38.3 Å². The van der Waals surface area contributed by atoms with E-state index in [9.17, 15) is 0 Å². The minimum atomic E-state index is -0.384. The number of aromatic amines is 1. The number of aromatic nitrogens is 4. The molecule has 0 saturated heterocycles. The Morgan fingerprint density at radius 2 is 2.00 bits per heavy atom. The normalized spacial score (nSPS) is 13.4. The highest BCUT2D eigenvalue weighted by atomic mass is 32.1. The maximum absolute atomic E-state index is 16.0. The molecule has 0 unspecified atom stereocenters. The van der Waals surface area contributed by atoms with Crippen molar-refractivity contribution in [1.29, 1.82) is 0 Å². The molecule has 1 saturated carbocycles. The van der Waals surface area contributed by atoms with Gasteiger partial charge in [0.1, 0.15) is 11.6 Å². The van der Waals surface area contributed by atoms with E-state index >= 15 is 4.39 Å². The lowest BCUT2D eigenvalue weighted by Gasteiger charge is -2.28. The summed E-state index contributed by atoms with van der Waals surface area (Å²) in [5.41, 5.74) is 13.3. The van der Waals surface area contributed by atoms with Crippen LogP contribution in [0.3, 0.4) is 0 Å². The number of hydrogen-bond acceptors (Lipinski definition) is 6. The third-order valence-electron chi connectivity index (χ3n) is 7.31. The Morgan fingerprint density at radius 3 is 2.74 bits per heavy atom. The van der Waals surface area contributed by atoms with Crippen molar-refractivity contribution in [2.75, 3.05) is 11.1 Å². The fourth-order valence-corrected chi connectivity index (χ4v) is 5.83. The first-order valence-corrected chi connectivity index (χ1v) is 13.8. The number of fused-ring (bicyclic) bond motifs is 1. The summed E-state index contributed by atoms with van der Waals surface area (Å²) in [6, 6.07) is 11.4. The molecule has 39 heavy (non-hydrogen) atoms. The molecular formula is C31H29FN6S. The van der Waals surface area contributed by atoms with Crippen LogP contribution in [0.1, 0.15) is 42.5 Å². The van der Waals surface area contributed by atoms with Crippen LogP contribution in [0, 0.1) is 11.7 Å². The smallest absolute Gasteiger partial charge is 0.178 e. The standard InChI is InChI=1S/C31H29FN6S/c1-17(2)26-9-10-27(39-26)23-11-12-35-31-30(23)37-28(38-31)14-24-25(33)8-7-22(29(24)32)20-13-21(16-34-15-20)36-18(3)19-5-4-6-19/h7-13,15-16,19,36H,1,3-6,14,33H2,2H3,(H,35,37,38). The zero-order valence-corrected chi connectivity index (χ0v) is 22.5. The molecule has 5 aromatic rings. The van der Waals surface area contributed by atoms with Crippen LogP contribution in [-0.2, 0) is 6.42 Å². The number of nitrogen functional groups attached to an aromatic ring is 1. The van der Waals surface area contributed by atoms with Crippen molar-refractivity contribution in [3.05, 3.63) is 95.9 Å². The number of nitrogens with two attached hydrogens (primary N) is 1. The SMILES string of the molecule is C=C(C)c1ccc(-c2ccnc3nc(Cc4c(N)ccc(-c5cncc(NC(=C)C6CCC6)c5)c4F)[nH]c23)s1. The lowest BCUT2D eigenvalue weighted by Crippen LogP contribution is -2.18. The molecule has 1 fully saturated rings. The Hall–Kier alpha value is -4.30. The molecule has 1 aliphatic rings. The van der Waals surface area contributed by atoms with Gasteiger partial charge in [-0.3, -0.25) is 4.98 Å². The Morgan fingerprint density at radius 1 is 1.15 bits per heavy atom. The average Bonchev–Trinajstić information content (AvgIpc) is 3.53. The predicted molar refractivity (Wildman–Crippen MR) is 159 cm³/mol. The molecule has 6 nitrogen and oxygen atoms in total. The highest BCUT2D eigenvalue weighted by molar-refractivity contribution is 7.16. The summed E-state index contributed by atoms with van der Waals surface area (Å²) in [4.78, 5) is 19.0. The molecule has 8 heteroatoms. The summed E-state index contributed by atoms with van der Waals surface area (Å²) in [6.07, 6.45) is 8.86. The van der Waals surface area contributed by atoms with Crippen LogP contribution in [0.2, 0.25) is 0 Å². The molecule has 0 amide bonds. The van der Waals surface area contributed by atoms with Crippen molar-refractivity contribution in [3.63, 3.8) is 0 Å². The van der Waals surface area contributed by atoms with E-state index in [1.807, 2.05) is 19.1 Å². The Balaban J connectivity index is 1.31. The van der Waals surface area contributed by atoms with Crippen molar-refractivity contribution in [1.82, 2.24) is 19.9 Å². The van der Waals surface area contributed by atoms with E-state index in [1.165, 1.54) is 6.42 Å². The lowest BCUT2D eigenvalue weighted by atomic mass is 9.83. The molecule has 0 aliphatic heterocycles. The molecular weight excluding hydrogens is 507 g/mol. The highest BCUT2D eigenvalue weighted by Crippen LogP contribution is 2.36. The van der Waals surface area contributed by atoms with Gasteiger partial charge in [-0.2, -0.15) is 0 Å². The lowest BCUT2D eigenvalue weighted by molar-refractivity contribution is 0.371. The third kappa shape index (κ3) is 4.83. The number of nitrogens with zero attached hydrogens (tertiary/aromatic N) is 3. The molecule has 196 valence electrons. The van der Waals surface area contributed by atoms with Crippen LogP contribution in [0.15, 0.2) is 73.8 Å². The second-order valence-electron chi connectivity index (χ2n) is 10.1. The average molecular weight is 537 g/mol. The number of pyridine rings is 2. The van der Waals surface area contributed by atoms with Gasteiger partial charge in [0.15, 0.2) is 5.65 Å². The van der Waals surface area contributed by atoms with E-state index in [0.29, 0.717) is 39.8 Å². The molecule has 6 rings (SSSR count). The van der Waals surface area contributed by atoms with E-state index in [4.69, 9.17) is 5.73 Å². The second-order valence-corrected chi connectivity index (χ2v) is 11.2. The maximum atomic E-state index is 16.0. The summed E-state index contributed by atoms with van der Waals surface area (Å²) in [6.45, 7) is 10.2. The third-order valence-corrected chi connectivity index (χ3v) is 8.59. The quantitative estimate of drug-likeness (QED) is 0.176. The van der Waals surface area contributed by atoms with Crippen LogP contribution in [-0.4, -0.2) is 19.9 Å².